The Morgan fingerprint density at radius 1 is 0.326 bits per heavy atom. The molecule has 0 rings (SSSR count). The average molecular weight is 1270 g/mol. The van der Waals surface area contributed by atoms with E-state index < -0.39 is 97.5 Å². The van der Waals surface area contributed by atoms with Gasteiger partial charge in [-0.15, -0.1) is 0 Å². The number of hydrogen-bond donors (Lipinski definition) is 3. The molecule has 0 aliphatic rings. The van der Waals surface area contributed by atoms with E-state index in [2.05, 4.69) is 55.4 Å². The van der Waals surface area contributed by atoms with E-state index in [1.54, 1.807) is 0 Å². The first-order valence-electron chi connectivity index (χ1n) is 34.8. The second-order valence-electron chi connectivity index (χ2n) is 25.4. The van der Waals surface area contributed by atoms with Crippen LogP contribution in [-0.4, -0.2) is 96.7 Å². The molecule has 19 heteroatoms. The van der Waals surface area contributed by atoms with Gasteiger partial charge in [0, 0.05) is 25.7 Å². The van der Waals surface area contributed by atoms with Crippen LogP contribution in [0.1, 0.15) is 325 Å². The zero-order chi connectivity index (χ0) is 63.9. The summed E-state index contributed by atoms with van der Waals surface area (Å²) in [5.74, 6) is 0.822. The first-order valence-corrected chi connectivity index (χ1v) is 37.8. The second kappa shape index (κ2) is 57.0. The molecule has 0 spiro atoms. The lowest BCUT2D eigenvalue weighted by Gasteiger charge is -2.21. The third-order valence-electron chi connectivity index (χ3n) is 16.4. The molecule has 0 amide bonds. The maximum absolute atomic E-state index is 13.0. The lowest BCUT2D eigenvalue weighted by Crippen LogP contribution is -2.30. The largest absolute Gasteiger partial charge is 0.472 e. The summed E-state index contributed by atoms with van der Waals surface area (Å²) >= 11 is 0. The molecule has 0 aromatic rings. The van der Waals surface area contributed by atoms with Gasteiger partial charge in [0.25, 0.3) is 0 Å². The lowest BCUT2D eigenvalue weighted by atomic mass is 10.00. The lowest BCUT2D eigenvalue weighted by molar-refractivity contribution is -0.161. The number of phosphoric acid groups is 2. The number of carbonyl (C=O) groups is 4. The van der Waals surface area contributed by atoms with Crippen LogP contribution in [-0.2, 0) is 65.4 Å². The van der Waals surface area contributed by atoms with Crippen LogP contribution < -0.4 is 0 Å². The molecule has 0 fully saturated rings. The van der Waals surface area contributed by atoms with Crippen molar-refractivity contribution >= 4 is 39.5 Å². The first kappa shape index (κ1) is 84.1. The molecule has 0 saturated carbocycles. The van der Waals surface area contributed by atoms with Crippen LogP contribution in [0.2, 0.25) is 0 Å². The molecule has 0 bridgehead atoms. The van der Waals surface area contributed by atoms with E-state index in [0.717, 1.165) is 120 Å². The van der Waals surface area contributed by atoms with Gasteiger partial charge in [0.2, 0.25) is 0 Å². The highest BCUT2D eigenvalue weighted by molar-refractivity contribution is 7.47. The maximum Gasteiger partial charge on any atom is 0.472 e. The fourth-order valence-electron chi connectivity index (χ4n) is 9.86. The predicted molar refractivity (Wildman–Crippen MR) is 344 cm³/mol. The van der Waals surface area contributed by atoms with E-state index in [1.165, 1.54) is 122 Å². The molecule has 3 N–H and O–H groups in total. The van der Waals surface area contributed by atoms with Gasteiger partial charge < -0.3 is 33.8 Å². The predicted octanol–water partition coefficient (Wildman–Crippen LogP) is 18.5. The minimum Gasteiger partial charge on any atom is -0.462 e. The number of ether oxygens (including phenoxy) is 4. The summed E-state index contributed by atoms with van der Waals surface area (Å²) < 4.78 is 68.1. The van der Waals surface area contributed by atoms with Crippen LogP contribution >= 0.6 is 15.6 Å². The highest BCUT2D eigenvalue weighted by atomic mass is 31.2. The van der Waals surface area contributed by atoms with Gasteiger partial charge in [-0.25, -0.2) is 9.13 Å². The van der Waals surface area contributed by atoms with E-state index in [-0.39, 0.29) is 25.7 Å². The summed E-state index contributed by atoms with van der Waals surface area (Å²) in [6.45, 7) is 14.0. The standard InChI is InChI=1S/C67H130O17P2/c1-9-58(6)44-36-28-21-24-32-40-48-65(70)78-54-63(84-67(72)50-42-34-26-23-30-38-46-60(8)11-3)56-82-86(75,76)80-52-61(68)51-79-85(73,74)81-55-62(83-66(71)49-41-33-25-22-29-37-45-59(7)10-2)53-77-64(69)47-39-31-20-18-16-14-12-13-15-17-19-27-35-43-57(4)5/h57-63,68H,9-56H2,1-8H3,(H,73,74)(H,75,76)/t58?,59?,60?,61-,62-,63-/m1/s1. The highest BCUT2D eigenvalue weighted by Crippen LogP contribution is 2.45. The monoisotopic (exact) mass is 1270 g/mol. The van der Waals surface area contributed by atoms with Gasteiger partial charge in [0.1, 0.15) is 19.3 Å². The zero-order valence-corrected chi connectivity index (χ0v) is 57.7. The number of phosphoric ester groups is 2. The van der Waals surface area contributed by atoms with E-state index in [4.69, 9.17) is 37.0 Å². The number of rotatable bonds is 64. The number of unbranched alkanes of at least 4 members (excludes halogenated alkanes) is 27. The molecule has 86 heavy (non-hydrogen) atoms. The Kier molecular flexibility index (Phi) is 55.7. The Balaban J connectivity index is 5.22. The van der Waals surface area contributed by atoms with Crippen molar-refractivity contribution in [2.45, 2.75) is 343 Å². The van der Waals surface area contributed by atoms with E-state index in [0.29, 0.717) is 25.7 Å². The molecule has 0 aromatic heterocycles. The molecule has 0 aliphatic heterocycles. The molecule has 17 nitrogen and oxygen atoms in total. The summed E-state index contributed by atoms with van der Waals surface area (Å²) in [6, 6.07) is 0. The first-order chi connectivity index (χ1) is 41.2. The molecule has 510 valence electrons. The zero-order valence-electron chi connectivity index (χ0n) is 55.9. The SMILES string of the molecule is CCC(C)CCCCCCCCC(=O)OC[C@H](COP(=O)(O)OC[C@H](O)COP(=O)(O)OC[C@@H](COC(=O)CCCCCCCCCCCCCCCC(C)C)OC(=O)CCCCCCCCC(C)CC)OC(=O)CCCCCCCCC(C)CC. The van der Waals surface area contributed by atoms with Gasteiger partial charge in [-0.2, -0.15) is 0 Å². The fourth-order valence-corrected chi connectivity index (χ4v) is 11.4. The Bertz CT molecular complexity index is 1720. The number of esters is 4. The molecule has 0 heterocycles. The van der Waals surface area contributed by atoms with Crippen LogP contribution in [0, 0.1) is 23.7 Å². The van der Waals surface area contributed by atoms with Crippen molar-refractivity contribution < 1.29 is 80.2 Å². The molecular weight excluding hydrogens is 1140 g/mol. The molecule has 5 unspecified atom stereocenters. The number of hydrogen-bond acceptors (Lipinski definition) is 15. The summed E-state index contributed by atoms with van der Waals surface area (Å²) in [4.78, 5) is 72.3. The van der Waals surface area contributed by atoms with Crippen LogP contribution in [0.5, 0.6) is 0 Å². The molecule has 0 aliphatic carbocycles. The van der Waals surface area contributed by atoms with Gasteiger partial charge in [0.05, 0.1) is 26.4 Å². The van der Waals surface area contributed by atoms with Crippen LogP contribution in [0.15, 0.2) is 0 Å². The smallest absolute Gasteiger partial charge is 0.462 e. The normalized spacial score (nSPS) is 15.3. The minimum absolute atomic E-state index is 0.101. The van der Waals surface area contributed by atoms with Gasteiger partial charge in [-0.1, -0.05) is 274 Å². The Morgan fingerprint density at radius 2 is 0.558 bits per heavy atom. The number of carbonyl (C=O) groups excluding carboxylic acids is 4. The molecule has 0 saturated heterocycles. The van der Waals surface area contributed by atoms with Gasteiger partial charge in [0.15, 0.2) is 12.2 Å². The van der Waals surface area contributed by atoms with Crippen molar-refractivity contribution in [3.63, 3.8) is 0 Å². The van der Waals surface area contributed by atoms with Crippen molar-refractivity contribution in [3.8, 4) is 0 Å². The molecule has 0 aromatic carbocycles. The van der Waals surface area contributed by atoms with Crippen LogP contribution in [0.3, 0.4) is 0 Å². The fraction of sp³-hybridized carbons (Fsp3) is 0.940. The molecule has 0 radical (unpaired) electrons. The van der Waals surface area contributed by atoms with Crippen molar-refractivity contribution in [2.75, 3.05) is 39.6 Å². The van der Waals surface area contributed by atoms with Gasteiger partial charge in [-0.05, 0) is 49.4 Å². The van der Waals surface area contributed by atoms with Crippen LogP contribution in [0.25, 0.3) is 0 Å². The quantitative estimate of drug-likeness (QED) is 0.0222. The second-order valence-corrected chi connectivity index (χ2v) is 28.3. The molecular formula is C67H130O17P2. The number of aliphatic hydroxyl groups is 1. The Labute approximate surface area is 524 Å². The summed E-state index contributed by atoms with van der Waals surface area (Å²) in [5, 5.41) is 10.6. The summed E-state index contributed by atoms with van der Waals surface area (Å²) in [5.41, 5.74) is 0. The average Bonchev–Trinajstić information content (AvgIpc) is 3.66. The third-order valence-corrected chi connectivity index (χ3v) is 18.3. The van der Waals surface area contributed by atoms with Gasteiger partial charge >= 0.3 is 39.5 Å². The molecule has 8 atom stereocenters. The maximum atomic E-state index is 13.0. The topological polar surface area (TPSA) is 237 Å². The Morgan fingerprint density at radius 3 is 0.826 bits per heavy atom. The van der Waals surface area contributed by atoms with Crippen molar-refractivity contribution in [3.05, 3.63) is 0 Å². The van der Waals surface area contributed by atoms with Crippen molar-refractivity contribution in [2.24, 2.45) is 23.7 Å². The third kappa shape index (κ3) is 57.2. The van der Waals surface area contributed by atoms with E-state index in [1.807, 2.05) is 0 Å². The van der Waals surface area contributed by atoms with E-state index in [9.17, 15) is 43.2 Å². The van der Waals surface area contributed by atoms with Gasteiger partial charge in [-0.3, -0.25) is 37.3 Å². The summed E-state index contributed by atoms with van der Waals surface area (Å²) in [6.07, 6.45) is 37.7. The van der Waals surface area contributed by atoms with Crippen molar-refractivity contribution in [1.29, 1.82) is 0 Å². The van der Waals surface area contributed by atoms with Crippen molar-refractivity contribution in [1.82, 2.24) is 0 Å². The Hall–Kier alpha value is -1.94. The summed E-state index contributed by atoms with van der Waals surface area (Å²) in [7, 11) is -9.90. The number of aliphatic hydroxyl groups excluding tert-OH is 1. The highest BCUT2D eigenvalue weighted by Gasteiger charge is 2.30. The minimum atomic E-state index is -4.95. The van der Waals surface area contributed by atoms with E-state index >= 15 is 0 Å². The van der Waals surface area contributed by atoms with Crippen LogP contribution in [0.4, 0.5) is 0 Å².